The van der Waals surface area contributed by atoms with Crippen molar-refractivity contribution in [2.45, 2.75) is 33.1 Å². The Hall–Kier alpha value is -1.28. The molecule has 2 N–H and O–H groups in total. The number of benzene rings is 1. The molecule has 2 rings (SSSR count). The molecule has 17 heavy (non-hydrogen) atoms. The van der Waals surface area contributed by atoms with Gasteiger partial charge in [-0.1, -0.05) is 26.3 Å². The van der Waals surface area contributed by atoms with Gasteiger partial charge < -0.3 is 5.73 Å². The lowest BCUT2D eigenvalue weighted by molar-refractivity contribution is 0.921. The van der Waals surface area contributed by atoms with Crippen LogP contribution in [0, 0.1) is 0 Å². The summed E-state index contributed by atoms with van der Waals surface area (Å²) < 4.78 is 0. The molecule has 0 aliphatic carbocycles. The molecule has 0 saturated heterocycles. The van der Waals surface area contributed by atoms with Gasteiger partial charge in [-0.3, -0.25) is 0 Å². The number of nitrogens with zero attached hydrogens (tertiary/aromatic N) is 1. The molecule has 92 valence electrons. The molecular formula is C14H19ClN2. The van der Waals surface area contributed by atoms with Crippen molar-refractivity contribution in [2.24, 2.45) is 0 Å². The summed E-state index contributed by atoms with van der Waals surface area (Å²) in [6.07, 6.45) is 3.17. The molecule has 1 heterocycles. The van der Waals surface area contributed by atoms with Gasteiger partial charge in [-0.2, -0.15) is 0 Å². The third-order valence-electron chi connectivity index (χ3n) is 2.92. The summed E-state index contributed by atoms with van der Waals surface area (Å²) in [6.45, 7) is 4.32. The van der Waals surface area contributed by atoms with E-state index in [2.05, 4.69) is 43.1 Å². The first kappa shape index (κ1) is 13.8. The van der Waals surface area contributed by atoms with Crippen LogP contribution in [0.3, 0.4) is 0 Å². The molecule has 0 amide bonds. The number of anilines is 1. The normalized spacial score (nSPS) is 10.2. The number of rotatable bonds is 3. The summed E-state index contributed by atoms with van der Waals surface area (Å²) >= 11 is 0. The second-order valence-corrected chi connectivity index (χ2v) is 4.16. The standard InChI is InChI=1S/C14H18N2.ClH/c1-3-5-11-9-12-8-10(4-2)6-7-13(12)16-14(11)15;/h6-9H,3-5H2,1-2H3,(H2,15,16);1H. The van der Waals surface area contributed by atoms with E-state index in [0.717, 1.165) is 24.8 Å². The number of aryl methyl sites for hydroxylation is 2. The van der Waals surface area contributed by atoms with Crippen molar-refractivity contribution in [2.75, 3.05) is 5.73 Å². The highest BCUT2D eigenvalue weighted by Crippen LogP contribution is 2.21. The van der Waals surface area contributed by atoms with Gasteiger partial charge in [-0.25, -0.2) is 4.98 Å². The van der Waals surface area contributed by atoms with Gasteiger partial charge in [0.15, 0.2) is 0 Å². The second kappa shape index (κ2) is 5.87. The molecule has 0 fully saturated rings. The maximum absolute atomic E-state index is 5.93. The van der Waals surface area contributed by atoms with Crippen molar-refractivity contribution < 1.29 is 0 Å². The molecule has 0 bridgehead atoms. The maximum atomic E-state index is 5.93. The van der Waals surface area contributed by atoms with E-state index in [1.165, 1.54) is 16.5 Å². The van der Waals surface area contributed by atoms with Crippen LogP contribution in [0.25, 0.3) is 10.9 Å². The first-order valence-electron chi connectivity index (χ1n) is 5.92. The lowest BCUT2D eigenvalue weighted by Crippen LogP contribution is -1.98. The average molecular weight is 251 g/mol. The first-order valence-corrected chi connectivity index (χ1v) is 5.92. The van der Waals surface area contributed by atoms with Crippen molar-refractivity contribution in [1.82, 2.24) is 4.98 Å². The number of halogens is 1. The predicted molar refractivity (Wildman–Crippen MR) is 76.8 cm³/mol. The number of nitrogens with two attached hydrogens (primary N) is 1. The van der Waals surface area contributed by atoms with Gasteiger partial charge in [0, 0.05) is 5.39 Å². The summed E-state index contributed by atoms with van der Waals surface area (Å²) in [5, 5.41) is 1.21. The highest BCUT2D eigenvalue weighted by atomic mass is 35.5. The average Bonchev–Trinajstić information content (AvgIpc) is 2.30. The monoisotopic (exact) mass is 250 g/mol. The minimum Gasteiger partial charge on any atom is -0.383 e. The van der Waals surface area contributed by atoms with E-state index >= 15 is 0 Å². The Balaban J connectivity index is 0.00000144. The first-order chi connectivity index (χ1) is 7.74. The van der Waals surface area contributed by atoms with Crippen LogP contribution in [-0.2, 0) is 12.8 Å². The Labute approximate surface area is 109 Å². The topological polar surface area (TPSA) is 38.9 Å². The molecule has 0 aliphatic heterocycles. The van der Waals surface area contributed by atoms with E-state index in [-0.39, 0.29) is 12.4 Å². The number of aromatic nitrogens is 1. The molecule has 3 heteroatoms. The van der Waals surface area contributed by atoms with Crippen LogP contribution in [0.15, 0.2) is 24.3 Å². The summed E-state index contributed by atoms with van der Waals surface area (Å²) in [6, 6.07) is 8.57. The third kappa shape index (κ3) is 2.89. The van der Waals surface area contributed by atoms with Crippen molar-refractivity contribution in [3.63, 3.8) is 0 Å². The lowest BCUT2D eigenvalue weighted by Gasteiger charge is -2.07. The lowest BCUT2D eigenvalue weighted by atomic mass is 10.0. The van der Waals surface area contributed by atoms with Crippen LogP contribution in [0.4, 0.5) is 5.82 Å². The van der Waals surface area contributed by atoms with Crippen LogP contribution >= 0.6 is 12.4 Å². The molecule has 0 radical (unpaired) electrons. The van der Waals surface area contributed by atoms with Crippen LogP contribution in [0.1, 0.15) is 31.4 Å². The summed E-state index contributed by atoms with van der Waals surface area (Å²) in [4.78, 5) is 4.45. The van der Waals surface area contributed by atoms with E-state index in [1.54, 1.807) is 0 Å². The summed E-state index contributed by atoms with van der Waals surface area (Å²) in [5.74, 6) is 0.679. The summed E-state index contributed by atoms with van der Waals surface area (Å²) in [5.41, 5.74) is 9.45. The highest BCUT2D eigenvalue weighted by molar-refractivity contribution is 5.85. The Morgan fingerprint density at radius 2 is 1.94 bits per heavy atom. The van der Waals surface area contributed by atoms with Crippen molar-refractivity contribution in [1.29, 1.82) is 0 Å². The Bertz CT molecular complexity index is 509. The molecule has 0 atom stereocenters. The largest absolute Gasteiger partial charge is 0.383 e. The van der Waals surface area contributed by atoms with Crippen molar-refractivity contribution >= 4 is 29.1 Å². The molecule has 1 aromatic heterocycles. The Morgan fingerprint density at radius 3 is 2.59 bits per heavy atom. The van der Waals surface area contributed by atoms with Gasteiger partial charge in [0.05, 0.1) is 5.52 Å². The Morgan fingerprint density at radius 1 is 1.18 bits per heavy atom. The van der Waals surface area contributed by atoms with Gasteiger partial charge in [-0.15, -0.1) is 12.4 Å². The quantitative estimate of drug-likeness (QED) is 0.901. The predicted octanol–water partition coefficient (Wildman–Crippen LogP) is 3.75. The molecule has 0 unspecified atom stereocenters. The molecule has 0 spiro atoms. The molecule has 0 saturated carbocycles. The molecule has 1 aromatic carbocycles. The van der Waals surface area contributed by atoms with Gasteiger partial charge in [0.2, 0.25) is 0 Å². The number of fused-ring (bicyclic) bond motifs is 1. The minimum absolute atomic E-state index is 0. The van der Waals surface area contributed by atoms with Crippen LogP contribution < -0.4 is 5.73 Å². The van der Waals surface area contributed by atoms with E-state index in [4.69, 9.17) is 5.73 Å². The Kier molecular flexibility index (Phi) is 4.76. The van der Waals surface area contributed by atoms with Gasteiger partial charge >= 0.3 is 0 Å². The fourth-order valence-electron chi connectivity index (χ4n) is 1.97. The zero-order chi connectivity index (χ0) is 11.5. The van der Waals surface area contributed by atoms with Gasteiger partial charge in [0.25, 0.3) is 0 Å². The van der Waals surface area contributed by atoms with Gasteiger partial charge in [0.1, 0.15) is 5.82 Å². The summed E-state index contributed by atoms with van der Waals surface area (Å²) in [7, 11) is 0. The zero-order valence-electron chi connectivity index (χ0n) is 10.4. The molecule has 2 aromatic rings. The van der Waals surface area contributed by atoms with Crippen molar-refractivity contribution in [3.05, 3.63) is 35.4 Å². The van der Waals surface area contributed by atoms with Crippen LogP contribution in [0.2, 0.25) is 0 Å². The minimum atomic E-state index is 0. The van der Waals surface area contributed by atoms with Gasteiger partial charge in [-0.05, 0) is 42.2 Å². The van der Waals surface area contributed by atoms with E-state index < -0.39 is 0 Å². The molecule has 0 aliphatic rings. The maximum Gasteiger partial charge on any atom is 0.127 e. The van der Waals surface area contributed by atoms with E-state index in [0.29, 0.717) is 5.82 Å². The van der Waals surface area contributed by atoms with Crippen LogP contribution in [0.5, 0.6) is 0 Å². The van der Waals surface area contributed by atoms with E-state index in [1.807, 2.05) is 0 Å². The number of hydrogen-bond donors (Lipinski definition) is 1. The van der Waals surface area contributed by atoms with Crippen LogP contribution in [-0.4, -0.2) is 4.98 Å². The smallest absolute Gasteiger partial charge is 0.127 e. The molecule has 2 nitrogen and oxygen atoms in total. The number of pyridine rings is 1. The second-order valence-electron chi connectivity index (χ2n) is 4.16. The highest BCUT2D eigenvalue weighted by Gasteiger charge is 2.03. The third-order valence-corrected chi connectivity index (χ3v) is 2.92. The molecular weight excluding hydrogens is 232 g/mol. The number of nitrogen functional groups attached to an aromatic ring is 1. The SMILES string of the molecule is CCCc1cc2cc(CC)ccc2nc1N.Cl. The van der Waals surface area contributed by atoms with E-state index in [9.17, 15) is 0 Å². The number of hydrogen-bond acceptors (Lipinski definition) is 2. The van der Waals surface area contributed by atoms with Crippen molar-refractivity contribution in [3.8, 4) is 0 Å². The fourth-order valence-corrected chi connectivity index (χ4v) is 1.97. The fraction of sp³-hybridized carbons (Fsp3) is 0.357. The zero-order valence-corrected chi connectivity index (χ0v) is 11.2.